The van der Waals surface area contributed by atoms with E-state index in [4.69, 9.17) is 21.9 Å². The van der Waals surface area contributed by atoms with Gasteiger partial charge in [0.2, 0.25) is 17.7 Å². The summed E-state index contributed by atoms with van der Waals surface area (Å²) in [6, 6.07) is 21.8. The molecule has 204 valence electrons. The summed E-state index contributed by atoms with van der Waals surface area (Å²) in [6.07, 6.45) is 1.05. The number of aryl methyl sites for hydroxylation is 1. The van der Waals surface area contributed by atoms with E-state index in [0.29, 0.717) is 17.9 Å². The van der Waals surface area contributed by atoms with Gasteiger partial charge in [-0.05, 0) is 47.4 Å². The Morgan fingerprint density at radius 2 is 1.36 bits per heavy atom. The molecule has 3 aromatic carbocycles. The van der Waals surface area contributed by atoms with Gasteiger partial charge in [0.1, 0.15) is 17.8 Å². The van der Waals surface area contributed by atoms with Crippen molar-refractivity contribution in [1.82, 2.24) is 10.6 Å². The predicted molar refractivity (Wildman–Crippen MR) is 150 cm³/mol. The fraction of sp³-hybridized carbons (Fsp3) is 0.241. The highest BCUT2D eigenvalue weighted by molar-refractivity contribution is 5.92. The van der Waals surface area contributed by atoms with Crippen LogP contribution in [0.4, 0.5) is 5.69 Å². The van der Waals surface area contributed by atoms with E-state index < -0.39 is 23.9 Å². The zero-order valence-electron chi connectivity index (χ0n) is 21.8. The fourth-order valence-corrected chi connectivity index (χ4v) is 3.96. The third kappa shape index (κ3) is 9.51. The highest BCUT2D eigenvalue weighted by Gasteiger charge is 2.26. The standard InChI is InChI=1S/C29H34N6O4/c1-39-23-14-9-21(10-15-23)18-25(28(38)35-24(27(30)37)17-20-5-3-2-4-6-20)34-26(36)16-11-19-7-12-22(13-8-19)33-29(31)32/h2-10,12-15,24-25H,11,16-18H2,1H3,(H2,30,37)(H,34,36)(H,35,38)(H4,31,32,33)/t24-,25-/m0/s1. The first-order chi connectivity index (χ1) is 18.7. The summed E-state index contributed by atoms with van der Waals surface area (Å²) < 4.78 is 5.20. The third-order valence-corrected chi connectivity index (χ3v) is 6.03. The molecule has 0 spiro atoms. The zero-order chi connectivity index (χ0) is 28.2. The van der Waals surface area contributed by atoms with Crippen LogP contribution in [0.25, 0.3) is 0 Å². The second-order valence-corrected chi connectivity index (χ2v) is 9.03. The first-order valence-electron chi connectivity index (χ1n) is 12.5. The van der Waals surface area contributed by atoms with E-state index in [0.717, 1.165) is 16.7 Å². The maximum Gasteiger partial charge on any atom is 0.243 e. The SMILES string of the molecule is COc1ccc(C[C@H](NC(=O)CCc2ccc(N=C(N)N)cc2)C(=O)N[C@@H](Cc2ccccc2)C(N)=O)cc1. The second kappa shape index (κ2) is 14.2. The number of primary amides is 1. The number of hydrogen-bond donors (Lipinski definition) is 5. The number of amides is 3. The lowest BCUT2D eigenvalue weighted by Crippen LogP contribution is -2.54. The van der Waals surface area contributed by atoms with Gasteiger partial charge in [-0.3, -0.25) is 14.4 Å². The summed E-state index contributed by atoms with van der Waals surface area (Å²) in [5.41, 5.74) is 19.6. The van der Waals surface area contributed by atoms with Crippen LogP contribution in [0.1, 0.15) is 23.1 Å². The predicted octanol–water partition coefficient (Wildman–Crippen LogP) is 1.47. The van der Waals surface area contributed by atoms with Crippen LogP contribution in [0.15, 0.2) is 83.9 Å². The van der Waals surface area contributed by atoms with E-state index in [-0.39, 0.29) is 31.1 Å². The molecule has 3 aromatic rings. The molecule has 0 aliphatic heterocycles. The molecular formula is C29H34N6O4. The molecule has 0 aliphatic carbocycles. The lowest BCUT2D eigenvalue weighted by atomic mass is 10.0. The lowest BCUT2D eigenvalue weighted by molar-refractivity contribution is -0.131. The quantitative estimate of drug-likeness (QED) is 0.165. The number of nitrogens with two attached hydrogens (primary N) is 3. The van der Waals surface area contributed by atoms with Crippen molar-refractivity contribution in [2.75, 3.05) is 7.11 Å². The largest absolute Gasteiger partial charge is 0.497 e. The van der Waals surface area contributed by atoms with Crippen molar-refractivity contribution in [3.8, 4) is 5.75 Å². The number of aliphatic imine (C=N–C) groups is 1. The van der Waals surface area contributed by atoms with Crippen molar-refractivity contribution in [2.45, 2.75) is 37.8 Å². The molecule has 0 saturated heterocycles. The van der Waals surface area contributed by atoms with E-state index in [1.807, 2.05) is 54.6 Å². The van der Waals surface area contributed by atoms with Crippen LogP contribution in [0.3, 0.4) is 0 Å². The van der Waals surface area contributed by atoms with Gasteiger partial charge in [-0.25, -0.2) is 4.99 Å². The van der Waals surface area contributed by atoms with Crippen molar-refractivity contribution < 1.29 is 19.1 Å². The highest BCUT2D eigenvalue weighted by atomic mass is 16.5. The molecule has 39 heavy (non-hydrogen) atoms. The molecule has 0 unspecified atom stereocenters. The lowest BCUT2D eigenvalue weighted by Gasteiger charge is -2.22. The van der Waals surface area contributed by atoms with Crippen LogP contribution in [0, 0.1) is 0 Å². The van der Waals surface area contributed by atoms with Gasteiger partial charge in [-0.15, -0.1) is 0 Å². The van der Waals surface area contributed by atoms with Gasteiger partial charge >= 0.3 is 0 Å². The third-order valence-electron chi connectivity index (χ3n) is 6.03. The van der Waals surface area contributed by atoms with Crippen LogP contribution >= 0.6 is 0 Å². The van der Waals surface area contributed by atoms with E-state index in [9.17, 15) is 14.4 Å². The molecule has 0 aliphatic rings. The molecule has 10 heteroatoms. The Bertz CT molecular complexity index is 1270. The summed E-state index contributed by atoms with van der Waals surface area (Å²) in [7, 11) is 1.57. The maximum atomic E-state index is 13.3. The van der Waals surface area contributed by atoms with Crippen LogP contribution < -0.4 is 32.6 Å². The number of guanidine groups is 1. The Labute approximate surface area is 227 Å². The summed E-state index contributed by atoms with van der Waals surface area (Å²) in [6.45, 7) is 0. The molecule has 0 saturated carbocycles. The summed E-state index contributed by atoms with van der Waals surface area (Å²) in [4.78, 5) is 42.3. The number of carbonyl (C=O) groups excluding carboxylic acids is 3. The number of ether oxygens (including phenoxy) is 1. The molecular weight excluding hydrogens is 496 g/mol. The van der Waals surface area contributed by atoms with Crippen molar-refractivity contribution in [2.24, 2.45) is 22.2 Å². The Balaban J connectivity index is 1.69. The van der Waals surface area contributed by atoms with E-state index >= 15 is 0 Å². The molecule has 0 fully saturated rings. The number of benzene rings is 3. The maximum absolute atomic E-state index is 13.3. The van der Waals surface area contributed by atoms with Gasteiger partial charge in [-0.2, -0.15) is 0 Å². The van der Waals surface area contributed by atoms with Gasteiger partial charge in [0.05, 0.1) is 12.8 Å². The Kier molecular flexibility index (Phi) is 10.4. The van der Waals surface area contributed by atoms with Crippen LogP contribution in [0.5, 0.6) is 5.75 Å². The summed E-state index contributed by atoms with van der Waals surface area (Å²) >= 11 is 0. The smallest absolute Gasteiger partial charge is 0.243 e. The van der Waals surface area contributed by atoms with Crippen molar-refractivity contribution in [3.63, 3.8) is 0 Å². The van der Waals surface area contributed by atoms with Gasteiger partial charge in [0.15, 0.2) is 5.96 Å². The molecule has 0 heterocycles. The van der Waals surface area contributed by atoms with Gasteiger partial charge in [0.25, 0.3) is 0 Å². The highest BCUT2D eigenvalue weighted by Crippen LogP contribution is 2.15. The summed E-state index contributed by atoms with van der Waals surface area (Å²) in [5.74, 6) is -0.834. The molecule has 0 aromatic heterocycles. The van der Waals surface area contributed by atoms with Crippen molar-refractivity contribution in [1.29, 1.82) is 0 Å². The van der Waals surface area contributed by atoms with Gasteiger partial charge in [0, 0.05) is 19.3 Å². The zero-order valence-corrected chi connectivity index (χ0v) is 21.8. The first-order valence-corrected chi connectivity index (χ1v) is 12.5. The molecule has 10 nitrogen and oxygen atoms in total. The minimum atomic E-state index is -0.932. The molecule has 8 N–H and O–H groups in total. The number of hydrogen-bond acceptors (Lipinski definition) is 5. The van der Waals surface area contributed by atoms with Gasteiger partial charge < -0.3 is 32.6 Å². The van der Waals surface area contributed by atoms with Crippen molar-refractivity contribution >= 4 is 29.4 Å². The average molecular weight is 531 g/mol. The summed E-state index contributed by atoms with van der Waals surface area (Å²) in [5, 5.41) is 5.54. The number of nitrogens with zero attached hydrogens (tertiary/aromatic N) is 1. The minimum absolute atomic E-state index is 0.0364. The van der Waals surface area contributed by atoms with Crippen LogP contribution in [0.2, 0.25) is 0 Å². The van der Waals surface area contributed by atoms with Crippen LogP contribution in [-0.4, -0.2) is 42.9 Å². The van der Waals surface area contributed by atoms with E-state index in [1.54, 1.807) is 31.4 Å². The fourth-order valence-electron chi connectivity index (χ4n) is 3.96. The average Bonchev–Trinajstić information content (AvgIpc) is 2.92. The van der Waals surface area contributed by atoms with Crippen molar-refractivity contribution in [3.05, 3.63) is 95.6 Å². The Morgan fingerprint density at radius 1 is 0.769 bits per heavy atom. The molecule has 2 atom stereocenters. The molecule has 0 bridgehead atoms. The Hall–Kier alpha value is -4.86. The molecule has 0 radical (unpaired) electrons. The van der Waals surface area contributed by atoms with E-state index in [1.165, 1.54) is 0 Å². The minimum Gasteiger partial charge on any atom is -0.497 e. The van der Waals surface area contributed by atoms with Gasteiger partial charge in [-0.1, -0.05) is 54.6 Å². The Morgan fingerprint density at radius 3 is 1.95 bits per heavy atom. The number of rotatable bonds is 13. The monoisotopic (exact) mass is 530 g/mol. The topological polar surface area (TPSA) is 175 Å². The first kappa shape index (κ1) is 28.7. The second-order valence-electron chi connectivity index (χ2n) is 9.03. The number of methoxy groups -OCH3 is 1. The number of carbonyl (C=O) groups is 3. The van der Waals surface area contributed by atoms with Crippen LogP contribution in [-0.2, 0) is 33.6 Å². The number of nitrogens with one attached hydrogen (secondary N) is 2. The normalized spacial score (nSPS) is 12.0. The van der Waals surface area contributed by atoms with E-state index in [2.05, 4.69) is 15.6 Å². The molecule has 3 amide bonds. The molecule has 3 rings (SSSR count).